The monoisotopic (exact) mass is 293 g/mol. The van der Waals surface area contributed by atoms with Gasteiger partial charge in [0, 0.05) is 18.3 Å². The lowest BCUT2D eigenvalue weighted by Crippen LogP contribution is -2.51. The highest BCUT2D eigenvalue weighted by Crippen LogP contribution is 2.28. The van der Waals surface area contributed by atoms with E-state index in [0.29, 0.717) is 18.9 Å². The van der Waals surface area contributed by atoms with E-state index in [1.807, 2.05) is 0 Å². The molecule has 1 aromatic carbocycles. The third kappa shape index (κ3) is 3.73. The van der Waals surface area contributed by atoms with E-state index in [-0.39, 0.29) is 11.7 Å². The van der Waals surface area contributed by atoms with Crippen molar-refractivity contribution in [2.75, 3.05) is 18.4 Å². The number of benzene rings is 1. The molecule has 1 amide bonds. The Labute approximate surface area is 125 Å². The summed E-state index contributed by atoms with van der Waals surface area (Å²) in [7, 11) is 0. The minimum Gasteiger partial charge on any atom is -0.371 e. The molecule has 1 aliphatic heterocycles. The van der Waals surface area contributed by atoms with Gasteiger partial charge in [-0.15, -0.1) is 0 Å². The fourth-order valence-electron chi connectivity index (χ4n) is 2.91. The summed E-state index contributed by atoms with van der Waals surface area (Å²) in [4.78, 5) is 14.4. The molecular weight excluding hydrogens is 269 g/mol. The molecule has 1 unspecified atom stereocenters. The molecule has 1 saturated heterocycles. The molecule has 1 fully saturated rings. The number of likely N-dealkylation sites (tertiary alicyclic amines) is 1. The first kappa shape index (κ1) is 15.8. The predicted octanol–water partition coefficient (Wildman–Crippen LogP) is 2.36. The van der Waals surface area contributed by atoms with E-state index in [0.717, 1.165) is 25.2 Å². The molecule has 2 rings (SSSR count). The van der Waals surface area contributed by atoms with Crippen molar-refractivity contribution in [3.8, 4) is 0 Å². The highest BCUT2D eigenvalue weighted by molar-refractivity contribution is 5.88. The molecule has 0 aromatic heterocycles. The minimum absolute atomic E-state index is 0.291. The van der Waals surface area contributed by atoms with Crippen molar-refractivity contribution in [2.45, 2.75) is 44.7 Å². The van der Waals surface area contributed by atoms with Crippen LogP contribution < -0.4 is 11.1 Å². The lowest BCUT2D eigenvalue weighted by Gasteiger charge is -2.32. The van der Waals surface area contributed by atoms with E-state index in [4.69, 9.17) is 5.73 Å². The highest BCUT2D eigenvalue weighted by atomic mass is 19.1. The van der Waals surface area contributed by atoms with Crippen molar-refractivity contribution in [1.29, 1.82) is 0 Å². The van der Waals surface area contributed by atoms with Crippen LogP contribution in [0, 0.1) is 5.82 Å². The SMILES string of the molecule is CC(C)N1CCCC(Nc2ccc(F)cc2)(C(N)=O)CC1. The summed E-state index contributed by atoms with van der Waals surface area (Å²) in [5.74, 6) is -0.627. The van der Waals surface area contributed by atoms with Crippen LogP contribution in [-0.4, -0.2) is 35.5 Å². The summed E-state index contributed by atoms with van der Waals surface area (Å²) in [6.07, 6.45) is 2.27. The number of amides is 1. The Bertz CT molecular complexity index is 489. The van der Waals surface area contributed by atoms with Gasteiger partial charge in [0.1, 0.15) is 11.4 Å². The smallest absolute Gasteiger partial charge is 0.243 e. The maximum absolute atomic E-state index is 13.0. The van der Waals surface area contributed by atoms with Gasteiger partial charge in [-0.05, 0) is 63.9 Å². The first-order valence-corrected chi connectivity index (χ1v) is 7.51. The molecule has 21 heavy (non-hydrogen) atoms. The minimum atomic E-state index is -0.749. The normalized spacial score (nSPS) is 23.8. The van der Waals surface area contributed by atoms with Gasteiger partial charge < -0.3 is 16.0 Å². The van der Waals surface area contributed by atoms with Crippen LogP contribution in [0.1, 0.15) is 33.1 Å². The molecule has 4 nitrogen and oxygen atoms in total. The number of hydrogen-bond acceptors (Lipinski definition) is 3. The molecule has 0 saturated carbocycles. The summed E-state index contributed by atoms with van der Waals surface area (Å²) in [5, 5.41) is 3.25. The maximum atomic E-state index is 13.0. The van der Waals surface area contributed by atoms with Crippen molar-refractivity contribution < 1.29 is 9.18 Å². The third-order valence-corrected chi connectivity index (χ3v) is 4.30. The predicted molar refractivity (Wildman–Crippen MR) is 82.5 cm³/mol. The second-order valence-corrected chi connectivity index (χ2v) is 6.06. The number of nitrogens with zero attached hydrogens (tertiary/aromatic N) is 1. The fraction of sp³-hybridized carbons (Fsp3) is 0.562. The number of halogens is 1. The Morgan fingerprint density at radius 1 is 1.29 bits per heavy atom. The van der Waals surface area contributed by atoms with Crippen LogP contribution >= 0.6 is 0 Å². The van der Waals surface area contributed by atoms with Crippen molar-refractivity contribution in [2.24, 2.45) is 5.73 Å². The maximum Gasteiger partial charge on any atom is 0.243 e. The van der Waals surface area contributed by atoms with Crippen LogP contribution in [0.15, 0.2) is 24.3 Å². The molecule has 1 aromatic rings. The Kier molecular flexibility index (Phi) is 4.83. The molecular formula is C16H24FN3O. The zero-order valence-corrected chi connectivity index (χ0v) is 12.7. The number of rotatable bonds is 4. The molecule has 3 N–H and O–H groups in total. The number of hydrogen-bond donors (Lipinski definition) is 2. The molecule has 0 spiro atoms. The van der Waals surface area contributed by atoms with Crippen LogP contribution in [0.25, 0.3) is 0 Å². The first-order chi connectivity index (χ1) is 9.93. The van der Waals surface area contributed by atoms with Gasteiger partial charge in [-0.1, -0.05) is 0 Å². The number of nitrogens with two attached hydrogens (primary N) is 1. The van der Waals surface area contributed by atoms with Crippen molar-refractivity contribution in [3.63, 3.8) is 0 Å². The zero-order chi connectivity index (χ0) is 15.5. The number of primary amides is 1. The van der Waals surface area contributed by atoms with Gasteiger partial charge in [0.05, 0.1) is 0 Å². The lowest BCUT2D eigenvalue weighted by molar-refractivity contribution is -0.122. The molecule has 1 aliphatic rings. The van der Waals surface area contributed by atoms with E-state index in [9.17, 15) is 9.18 Å². The Hall–Kier alpha value is -1.62. The quantitative estimate of drug-likeness (QED) is 0.896. The highest BCUT2D eigenvalue weighted by Gasteiger charge is 2.38. The summed E-state index contributed by atoms with van der Waals surface area (Å²) in [5.41, 5.74) is 5.66. The number of carbonyl (C=O) groups is 1. The van der Waals surface area contributed by atoms with Crippen LogP contribution in [0.4, 0.5) is 10.1 Å². The number of nitrogens with one attached hydrogen (secondary N) is 1. The molecule has 116 valence electrons. The Morgan fingerprint density at radius 2 is 1.95 bits per heavy atom. The zero-order valence-electron chi connectivity index (χ0n) is 12.7. The van der Waals surface area contributed by atoms with Gasteiger partial charge in [-0.25, -0.2) is 4.39 Å². The fourth-order valence-corrected chi connectivity index (χ4v) is 2.91. The van der Waals surface area contributed by atoms with Gasteiger partial charge in [-0.3, -0.25) is 4.79 Å². The van der Waals surface area contributed by atoms with E-state index < -0.39 is 5.54 Å². The molecule has 0 aliphatic carbocycles. The van der Waals surface area contributed by atoms with Crippen molar-refractivity contribution in [3.05, 3.63) is 30.1 Å². The largest absolute Gasteiger partial charge is 0.371 e. The second-order valence-electron chi connectivity index (χ2n) is 6.06. The topological polar surface area (TPSA) is 58.4 Å². The summed E-state index contributed by atoms with van der Waals surface area (Å²) in [6.45, 7) is 6.11. The van der Waals surface area contributed by atoms with Crippen LogP contribution in [0.5, 0.6) is 0 Å². The molecule has 1 heterocycles. The number of carbonyl (C=O) groups excluding carboxylic acids is 1. The molecule has 0 bridgehead atoms. The van der Waals surface area contributed by atoms with Gasteiger partial charge in [0.25, 0.3) is 0 Å². The average Bonchev–Trinajstić information content (AvgIpc) is 2.65. The van der Waals surface area contributed by atoms with E-state index >= 15 is 0 Å². The average molecular weight is 293 g/mol. The van der Waals surface area contributed by atoms with E-state index in [1.54, 1.807) is 12.1 Å². The summed E-state index contributed by atoms with van der Waals surface area (Å²) in [6, 6.07) is 6.51. The number of anilines is 1. The Morgan fingerprint density at radius 3 is 2.52 bits per heavy atom. The third-order valence-electron chi connectivity index (χ3n) is 4.30. The van der Waals surface area contributed by atoms with Gasteiger partial charge in [0.2, 0.25) is 5.91 Å². The molecule has 0 radical (unpaired) electrons. The van der Waals surface area contributed by atoms with E-state index in [2.05, 4.69) is 24.1 Å². The van der Waals surface area contributed by atoms with E-state index in [1.165, 1.54) is 12.1 Å². The summed E-state index contributed by atoms with van der Waals surface area (Å²) < 4.78 is 13.0. The second kappa shape index (κ2) is 6.43. The lowest BCUT2D eigenvalue weighted by atomic mass is 9.89. The van der Waals surface area contributed by atoms with Crippen LogP contribution in [-0.2, 0) is 4.79 Å². The molecule has 1 atom stereocenters. The van der Waals surface area contributed by atoms with Crippen LogP contribution in [0.3, 0.4) is 0 Å². The van der Waals surface area contributed by atoms with Gasteiger partial charge >= 0.3 is 0 Å². The van der Waals surface area contributed by atoms with Gasteiger partial charge in [0.15, 0.2) is 0 Å². The van der Waals surface area contributed by atoms with Crippen LogP contribution in [0.2, 0.25) is 0 Å². The van der Waals surface area contributed by atoms with Crippen molar-refractivity contribution >= 4 is 11.6 Å². The van der Waals surface area contributed by atoms with Crippen molar-refractivity contribution in [1.82, 2.24) is 4.90 Å². The molecule has 5 heteroatoms. The standard InChI is InChI=1S/C16H24FN3O/c1-12(2)20-10-3-8-16(9-11-20,15(18)21)19-14-6-4-13(17)5-7-14/h4-7,12,19H,3,8-11H2,1-2H3,(H2,18,21). The van der Waals surface area contributed by atoms with Gasteiger partial charge in [-0.2, -0.15) is 0 Å². The first-order valence-electron chi connectivity index (χ1n) is 7.51. The summed E-state index contributed by atoms with van der Waals surface area (Å²) >= 11 is 0. The Balaban J connectivity index is 2.17.